The van der Waals surface area contributed by atoms with Gasteiger partial charge in [-0.3, -0.25) is 4.79 Å². The van der Waals surface area contributed by atoms with Gasteiger partial charge in [-0.25, -0.2) is 4.98 Å². The van der Waals surface area contributed by atoms with Crippen LogP contribution in [-0.2, 0) is 13.1 Å². The minimum absolute atomic E-state index is 0.0914. The molecule has 0 aliphatic carbocycles. The molecule has 1 aromatic heterocycles. The molecule has 1 aliphatic rings. The molecule has 29 heavy (non-hydrogen) atoms. The summed E-state index contributed by atoms with van der Waals surface area (Å²) < 4.78 is 2.30. The average Bonchev–Trinajstić information content (AvgIpc) is 3.12. The van der Waals surface area contributed by atoms with E-state index in [2.05, 4.69) is 39.0 Å². The molecule has 1 aliphatic heterocycles. The van der Waals surface area contributed by atoms with Gasteiger partial charge in [0.15, 0.2) is 0 Å². The van der Waals surface area contributed by atoms with Gasteiger partial charge in [0.05, 0.1) is 17.6 Å². The Balaban J connectivity index is 1.37. The molecule has 0 spiro atoms. The number of aromatic nitrogens is 2. The Morgan fingerprint density at radius 2 is 1.83 bits per heavy atom. The molecular formula is C24H22N4O. The molecule has 0 atom stereocenters. The lowest BCUT2D eigenvalue weighted by Gasteiger charge is -2.30. The number of carbonyl (C=O) groups is 1. The molecule has 0 radical (unpaired) electrons. The van der Waals surface area contributed by atoms with Crippen molar-refractivity contribution in [2.75, 3.05) is 16.8 Å². The van der Waals surface area contributed by atoms with Crippen LogP contribution >= 0.6 is 0 Å². The first-order valence-corrected chi connectivity index (χ1v) is 9.84. The van der Waals surface area contributed by atoms with Gasteiger partial charge >= 0.3 is 0 Å². The fourth-order valence-corrected chi connectivity index (χ4v) is 3.96. The summed E-state index contributed by atoms with van der Waals surface area (Å²) in [6, 6.07) is 23.9. The normalized spacial score (nSPS) is 13.3. The van der Waals surface area contributed by atoms with Gasteiger partial charge in [0.1, 0.15) is 5.82 Å². The zero-order valence-corrected chi connectivity index (χ0v) is 16.3. The summed E-state index contributed by atoms with van der Waals surface area (Å²) in [7, 11) is 0. The SMILES string of the molecule is Cc1cccc(C(=O)Nc2cccc(N3CCn4c(nc5ccccc54)C3)c2)c1. The van der Waals surface area contributed by atoms with E-state index in [0.29, 0.717) is 5.56 Å². The van der Waals surface area contributed by atoms with E-state index in [9.17, 15) is 4.79 Å². The van der Waals surface area contributed by atoms with Crippen LogP contribution in [0.25, 0.3) is 11.0 Å². The summed E-state index contributed by atoms with van der Waals surface area (Å²) in [5.74, 6) is 0.984. The van der Waals surface area contributed by atoms with E-state index >= 15 is 0 Å². The number of fused-ring (bicyclic) bond motifs is 3. The van der Waals surface area contributed by atoms with Crippen molar-refractivity contribution in [1.82, 2.24) is 9.55 Å². The van der Waals surface area contributed by atoms with Crippen LogP contribution in [0.15, 0.2) is 72.8 Å². The first-order chi connectivity index (χ1) is 14.2. The topological polar surface area (TPSA) is 50.2 Å². The number of nitrogens with one attached hydrogen (secondary N) is 1. The molecule has 144 valence electrons. The smallest absolute Gasteiger partial charge is 0.255 e. The first kappa shape index (κ1) is 17.5. The molecule has 0 saturated carbocycles. The second-order valence-corrected chi connectivity index (χ2v) is 7.46. The molecule has 3 aromatic carbocycles. The van der Waals surface area contributed by atoms with Crippen molar-refractivity contribution in [1.29, 1.82) is 0 Å². The van der Waals surface area contributed by atoms with Crippen LogP contribution in [0, 0.1) is 6.92 Å². The van der Waals surface area contributed by atoms with Crippen molar-refractivity contribution < 1.29 is 4.79 Å². The largest absolute Gasteiger partial charge is 0.362 e. The van der Waals surface area contributed by atoms with Crippen molar-refractivity contribution in [2.24, 2.45) is 0 Å². The Hall–Kier alpha value is -3.60. The van der Waals surface area contributed by atoms with Gasteiger partial charge in [-0.15, -0.1) is 0 Å². The van der Waals surface area contributed by atoms with Crippen LogP contribution in [0.3, 0.4) is 0 Å². The van der Waals surface area contributed by atoms with Gasteiger partial charge in [-0.1, -0.05) is 35.9 Å². The van der Waals surface area contributed by atoms with Crippen molar-refractivity contribution in [3.05, 3.63) is 89.7 Å². The molecule has 0 unspecified atom stereocenters. The Morgan fingerprint density at radius 3 is 2.72 bits per heavy atom. The summed E-state index contributed by atoms with van der Waals surface area (Å²) in [6.45, 7) is 4.55. The minimum atomic E-state index is -0.0914. The lowest BCUT2D eigenvalue weighted by Crippen LogP contribution is -2.33. The van der Waals surface area contributed by atoms with E-state index in [4.69, 9.17) is 4.98 Å². The van der Waals surface area contributed by atoms with Crippen molar-refractivity contribution in [3.8, 4) is 0 Å². The summed E-state index contributed by atoms with van der Waals surface area (Å²) in [5.41, 5.74) is 5.87. The van der Waals surface area contributed by atoms with Gasteiger partial charge < -0.3 is 14.8 Å². The maximum absolute atomic E-state index is 12.6. The number of nitrogens with zero attached hydrogens (tertiary/aromatic N) is 3. The average molecular weight is 382 g/mol. The van der Waals surface area contributed by atoms with Crippen LogP contribution in [0.5, 0.6) is 0 Å². The predicted octanol–water partition coefficient (Wildman–Crippen LogP) is 4.62. The maximum Gasteiger partial charge on any atom is 0.255 e. The van der Waals surface area contributed by atoms with Crippen molar-refractivity contribution in [2.45, 2.75) is 20.0 Å². The monoisotopic (exact) mass is 382 g/mol. The molecule has 0 fully saturated rings. The number of anilines is 2. The van der Waals surface area contributed by atoms with Crippen LogP contribution in [0.1, 0.15) is 21.7 Å². The van der Waals surface area contributed by atoms with E-state index < -0.39 is 0 Å². The quantitative estimate of drug-likeness (QED) is 0.563. The number of hydrogen-bond donors (Lipinski definition) is 1. The number of benzene rings is 3. The highest BCUT2D eigenvalue weighted by molar-refractivity contribution is 6.04. The molecule has 0 bridgehead atoms. The van der Waals surface area contributed by atoms with E-state index in [0.717, 1.165) is 47.9 Å². The second-order valence-electron chi connectivity index (χ2n) is 7.46. The summed E-state index contributed by atoms with van der Waals surface area (Å²) >= 11 is 0. The molecule has 0 saturated heterocycles. The third-order valence-electron chi connectivity index (χ3n) is 5.41. The maximum atomic E-state index is 12.6. The molecule has 2 heterocycles. The molecule has 5 rings (SSSR count). The number of hydrogen-bond acceptors (Lipinski definition) is 3. The van der Waals surface area contributed by atoms with Crippen LogP contribution in [0.4, 0.5) is 11.4 Å². The van der Waals surface area contributed by atoms with Gasteiger partial charge in [0.25, 0.3) is 5.91 Å². The van der Waals surface area contributed by atoms with Crippen LogP contribution in [0.2, 0.25) is 0 Å². The van der Waals surface area contributed by atoms with Crippen molar-refractivity contribution >= 4 is 28.3 Å². The summed E-state index contributed by atoms with van der Waals surface area (Å²) in [4.78, 5) is 19.7. The van der Waals surface area contributed by atoms with Crippen LogP contribution < -0.4 is 10.2 Å². The Kier molecular flexibility index (Phi) is 4.28. The van der Waals surface area contributed by atoms with Crippen molar-refractivity contribution in [3.63, 3.8) is 0 Å². The van der Waals surface area contributed by atoms with Gasteiger partial charge in [0.2, 0.25) is 0 Å². The van der Waals surface area contributed by atoms with E-state index in [1.54, 1.807) is 0 Å². The number of amides is 1. The standard InChI is InChI=1S/C24H22N4O/c1-17-6-4-7-18(14-17)24(29)25-19-8-5-9-20(15-19)27-12-13-28-22-11-3-2-10-21(22)26-23(28)16-27/h2-11,14-15H,12-13,16H2,1H3,(H,25,29). The van der Waals surface area contributed by atoms with E-state index in [-0.39, 0.29) is 5.91 Å². The van der Waals surface area contributed by atoms with Gasteiger partial charge in [-0.05, 0) is 49.4 Å². The van der Waals surface area contributed by atoms with E-state index in [1.807, 2.05) is 55.5 Å². The number of para-hydroxylation sites is 2. The number of imidazole rings is 1. The number of carbonyl (C=O) groups excluding carboxylic acids is 1. The lowest BCUT2D eigenvalue weighted by atomic mass is 10.1. The number of rotatable bonds is 3. The highest BCUT2D eigenvalue weighted by Crippen LogP contribution is 2.26. The lowest BCUT2D eigenvalue weighted by molar-refractivity contribution is 0.102. The highest BCUT2D eigenvalue weighted by atomic mass is 16.1. The third-order valence-corrected chi connectivity index (χ3v) is 5.41. The van der Waals surface area contributed by atoms with Gasteiger partial charge in [0, 0.05) is 30.0 Å². The second kappa shape index (κ2) is 7.09. The highest BCUT2D eigenvalue weighted by Gasteiger charge is 2.20. The first-order valence-electron chi connectivity index (χ1n) is 9.84. The zero-order chi connectivity index (χ0) is 19.8. The predicted molar refractivity (Wildman–Crippen MR) is 116 cm³/mol. The fourth-order valence-electron chi connectivity index (χ4n) is 3.96. The Labute approximate surface area is 169 Å². The molecule has 5 heteroatoms. The molecule has 1 N–H and O–H groups in total. The van der Waals surface area contributed by atoms with Gasteiger partial charge in [-0.2, -0.15) is 0 Å². The van der Waals surface area contributed by atoms with E-state index in [1.165, 1.54) is 5.52 Å². The third kappa shape index (κ3) is 3.36. The summed E-state index contributed by atoms with van der Waals surface area (Å²) in [5, 5.41) is 3.02. The fraction of sp³-hybridized carbons (Fsp3) is 0.167. The molecule has 1 amide bonds. The molecule has 5 nitrogen and oxygen atoms in total. The summed E-state index contributed by atoms with van der Waals surface area (Å²) in [6.07, 6.45) is 0. The molecule has 4 aromatic rings. The minimum Gasteiger partial charge on any atom is -0.362 e. The number of aryl methyl sites for hydroxylation is 1. The van der Waals surface area contributed by atoms with Crippen LogP contribution in [-0.4, -0.2) is 22.0 Å². The Bertz CT molecular complexity index is 1210. The Morgan fingerprint density at radius 1 is 0.966 bits per heavy atom. The molecular weight excluding hydrogens is 360 g/mol. The zero-order valence-electron chi connectivity index (χ0n) is 16.3.